The lowest BCUT2D eigenvalue weighted by molar-refractivity contribution is 0.372. The van der Waals surface area contributed by atoms with Gasteiger partial charge in [-0.05, 0) is 51.2 Å². The van der Waals surface area contributed by atoms with E-state index in [4.69, 9.17) is 18.0 Å². The molecule has 98 valence electrons. The van der Waals surface area contributed by atoms with Crippen molar-refractivity contribution in [3.05, 3.63) is 29.8 Å². The van der Waals surface area contributed by atoms with Crippen molar-refractivity contribution in [2.24, 2.45) is 5.73 Å². The van der Waals surface area contributed by atoms with Crippen LogP contribution in [-0.4, -0.2) is 43.1 Å². The van der Waals surface area contributed by atoms with Gasteiger partial charge >= 0.3 is 0 Å². The highest BCUT2D eigenvalue weighted by Crippen LogP contribution is 2.26. The second-order valence-electron chi connectivity index (χ2n) is 5.16. The molecule has 4 heteroatoms. The van der Waals surface area contributed by atoms with E-state index < -0.39 is 0 Å². The molecule has 1 atom stereocenters. The minimum Gasteiger partial charge on any atom is -0.389 e. The Balaban J connectivity index is 2.12. The standard InChI is InChI=1S/C14H21N3S/c1-16(2)10-13-4-3-9-17(13)12-7-5-11(6-8-12)14(15)18/h5-8,13H,3-4,9-10H2,1-2H3,(H2,15,18). The molecule has 1 aliphatic heterocycles. The predicted molar refractivity (Wildman–Crippen MR) is 81.3 cm³/mol. The van der Waals surface area contributed by atoms with Crippen LogP contribution < -0.4 is 10.6 Å². The third-order valence-corrected chi connectivity index (χ3v) is 3.67. The van der Waals surface area contributed by atoms with Gasteiger partial charge in [0.15, 0.2) is 0 Å². The average Bonchev–Trinajstić information content (AvgIpc) is 2.76. The van der Waals surface area contributed by atoms with Crippen LogP contribution in [-0.2, 0) is 0 Å². The molecule has 1 aromatic rings. The monoisotopic (exact) mass is 263 g/mol. The Labute approximate surface area is 115 Å². The van der Waals surface area contributed by atoms with Gasteiger partial charge < -0.3 is 15.5 Å². The topological polar surface area (TPSA) is 32.5 Å². The van der Waals surface area contributed by atoms with E-state index >= 15 is 0 Å². The summed E-state index contributed by atoms with van der Waals surface area (Å²) >= 11 is 4.98. The van der Waals surface area contributed by atoms with Crippen LogP contribution in [0, 0.1) is 0 Å². The van der Waals surface area contributed by atoms with E-state index in [0.717, 1.165) is 18.7 Å². The summed E-state index contributed by atoms with van der Waals surface area (Å²) in [5.74, 6) is 0. The smallest absolute Gasteiger partial charge is 0.103 e. The van der Waals surface area contributed by atoms with Crippen LogP contribution in [0.4, 0.5) is 5.69 Å². The fourth-order valence-corrected chi connectivity index (χ4v) is 2.74. The van der Waals surface area contributed by atoms with Crippen LogP contribution in [0.5, 0.6) is 0 Å². The summed E-state index contributed by atoms with van der Waals surface area (Å²) in [4.78, 5) is 5.21. The Kier molecular flexibility index (Phi) is 4.19. The molecule has 2 N–H and O–H groups in total. The summed E-state index contributed by atoms with van der Waals surface area (Å²) in [7, 11) is 4.26. The second kappa shape index (κ2) is 5.67. The molecular weight excluding hydrogens is 242 g/mol. The van der Waals surface area contributed by atoms with Crippen LogP contribution in [0.15, 0.2) is 24.3 Å². The summed E-state index contributed by atoms with van der Waals surface area (Å²) in [5.41, 5.74) is 7.84. The molecule has 0 aromatic heterocycles. The van der Waals surface area contributed by atoms with Crippen molar-refractivity contribution < 1.29 is 0 Å². The number of nitrogens with two attached hydrogens (primary N) is 1. The van der Waals surface area contributed by atoms with Gasteiger partial charge in [0.1, 0.15) is 4.99 Å². The van der Waals surface area contributed by atoms with Gasteiger partial charge in [0.2, 0.25) is 0 Å². The van der Waals surface area contributed by atoms with Gasteiger partial charge in [0, 0.05) is 30.4 Å². The molecule has 1 heterocycles. The first kappa shape index (κ1) is 13.3. The molecule has 3 nitrogen and oxygen atoms in total. The zero-order valence-corrected chi connectivity index (χ0v) is 11.9. The number of rotatable bonds is 4. The van der Waals surface area contributed by atoms with Crippen molar-refractivity contribution in [1.82, 2.24) is 4.90 Å². The van der Waals surface area contributed by atoms with Gasteiger partial charge in [-0.15, -0.1) is 0 Å². The molecule has 1 aliphatic rings. The van der Waals surface area contributed by atoms with Crippen molar-refractivity contribution in [2.45, 2.75) is 18.9 Å². The third-order valence-electron chi connectivity index (χ3n) is 3.44. The zero-order valence-electron chi connectivity index (χ0n) is 11.1. The van der Waals surface area contributed by atoms with Crippen molar-refractivity contribution in [3.63, 3.8) is 0 Å². The molecule has 1 unspecified atom stereocenters. The number of thiocarbonyl (C=S) groups is 1. The largest absolute Gasteiger partial charge is 0.389 e. The Morgan fingerprint density at radius 2 is 2.06 bits per heavy atom. The van der Waals surface area contributed by atoms with Gasteiger partial charge in [0.25, 0.3) is 0 Å². The Morgan fingerprint density at radius 3 is 2.61 bits per heavy atom. The Bertz CT molecular complexity index is 414. The molecule has 0 bridgehead atoms. The first-order valence-electron chi connectivity index (χ1n) is 6.39. The molecule has 0 aliphatic carbocycles. The molecular formula is C14H21N3S. The average molecular weight is 263 g/mol. The second-order valence-corrected chi connectivity index (χ2v) is 5.60. The molecule has 1 fully saturated rings. The number of hydrogen-bond acceptors (Lipinski definition) is 3. The molecule has 0 radical (unpaired) electrons. The summed E-state index contributed by atoms with van der Waals surface area (Å²) in [6.45, 7) is 2.25. The molecule has 2 rings (SSSR count). The van der Waals surface area contributed by atoms with Gasteiger partial charge in [0.05, 0.1) is 0 Å². The number of hydrogen-bond donors (Lipinski definition) is 1. The van der Waals surface area contributed by atoms with Crippen molar-refractivity contribution >= 4 is 22.9 Å². The highest BCUT2D eigenvalue weighted by Gasteiger charge is 2.24. The maximum absolute atomic E-state index is 5.62. The SMILES string of the molecule is CN(C)CC1CCCN1c1ccc(C(N)=S)cc1. The van der Waals surface area contributed by atoms with Crippen molar-refractivity contribution in [3.8, 4) is 0 Å². The fourth-order valence-electron chi connectivity index (χ4n) is 2.60. The number of nitrogens with zero attached hydrogens (tertiary/aromatic N) is 2. The van der Waals surface area contributed by atoms with E-state index in [2.05, 4.69) is 36.0 Å². The molecule has 0 spiro atoms. The fraction of sp³-hybridized carbons (Fsp3) is 0.500. The van der Waals surface area contributed by atoms with Gasteiger partial charge in [-0.3, -0.25) is 0 Å². The predicted octanol–water partition coefficient (Wildman–Crippen LogP) is 1.85. The summed E-state index contributed by atoms with van der Waals surface area (Å²) in [6.07, 6.45) is 2.55. The van der Waals surface area contributed by atoms with E-state index in [-0.39, 0.29) is 0 Å². The van der Waals surface area contributed by atoms with E-state index in [1.165, 1.54) is 18.5 Å². The lowest BCUT2D eigenvalue weighted by atomic mass is 10.1. The number of benzene rings is 1. The summed E-state index contributed by atoms with van der Waals surface area (Å²) in [6, 6.07) is 8.91. The molecule has 1 aromatic carbocycles. The molecule has 0 saturated carbocycles. The quantitative estimate of drug-likeness (QED) is 0.840. The van der Waals surface area contributed by atoms with Crippen LogP contribution in [0.3, 0.4) is 0 Å². The molecule has 18 heavy (non-hydrogen) atoms. The zero-order chi connectivity index (χ0) is 13.1. The summed E-state index contributed by atoms with van der Waals surface area (Å²) in [5, 5.41) is 0. The minimum absolute atomic E-state index is 0.466. The van der Waals surface area contributed by atoms with Gasteiger partial charge in [-0.25, -0.2) is 0 Å². The number of likely N-dealkylation sites (N-methyl/N-ethyl adjacent to an activating group) is 1. The van der Waals surface area contributed by atoms with Crippen LogP contribution in [0.1, 0.15) is 18.4 Å². The van der Waals surface area contributed by atoms with Crippen molar-refractivity contribution in [2.75, 3.05) is 32.1 Å². The Hall–Kier alpha value is -1.13. The molecule has 1 saturated heterocycles. The van der Waals surface area contributed by atoms with E-state index in [0.29, 0.717) is 11.0 Å². The highest BCUT2D eigenvalue weighted by molar-refractivity contribution is 7.80. The van der Waals surface area contributed by atoms with E-state index in [1.54, 1.807) is 0 Å². The maximum atomic E-state index is 5.62. The maximum Gasteiger partial charge on any atom is 0.103 e. The summed E-state index contributed by atoms with van der Waals surface area (Å²) < 4.78 is 0. The van der Waals surface area contributed by atoms with E-state index in [1.807, 2.05) is 12.1 Å². The Morgan fingerprint density at radius 1 is 1.39 bits per heavy atom. The van der Waals surface area contributed by atoms with Crippen LogP contribution >= 0.6 is 12.2 Å². The van der Waals surface area contributed by atoms with Crippen LogP contribution in [0.25, 0.3) is 0 Å². The first-order chi connectivity index (χ1) is 8.58. The molecule has 0 amide bonds. The normalized spacial score (nSPS) is 19.5. The van der Waals surface area contributed by atoms with E-state index in [9.17, 15) is 0 Å². The third kappa shape index (κ3) is 3.00. The lowest BCUT2D eigenvalue weighted by Gasteiger charge is -2.29. The van der Waals surface area contributed by atoms with Crippen LogP contribution in [0.2, 0.25) is 0 Å². The minimum atomic E-state index is 0.466. The lowest BCUT2D eigenvalue weighted by Crippen LogP contribution is -2.37. The van der Waals surface area contributed by atoms with Crippen molar-refractivity contribution in [1.29, 1.82) is 0 Å². The number of anilines is 1. The van der Waals surface area contributed by atoms with Gasteiger partial charge in [-0.2, -0.15) is 0 Å². The highest BCUT2D eigenvalue weighted by atomic mass is 32.1. The first-order valence-corrected chi connectivity index (χ1v) is 6.80. The van der Waals surface area contributed by atoms with Gasteiger partial charge in [-0.1, -0.05) is 12.2 Å².